The molecule has 10 heteroatoms. The highest BCUT2D eigenvalue weighted by Gasteiger charge is 2.29. The van der Waals surface area contributed by atoms with Gasteiger partial charge >= 0.3 is 0 Å². The zero-order chi connectivity index (χ0) is 27.1. The van der Waals surface area contributed by atoms with Crippen LogP contribution < -0.4 is 10.1 Å². The summed E-state index contributed by atoms with van der Waals surface area (Å²) in [7, 11) is 0. The summed E-state index contributed by atoms with van der Waals surface area (Å²) in [4.78, 5) is 43.6. The molecule has 0 saturated carbocycles. The van der Waals surface area contributed by atoms with Gasteiger partial charge in [-0.25, -0.2) is 15.0 Å². The minimum Gasteiger partial charge on any atom is -0.463 e. The zero-order valence-corrected chi connectivity index (χ0v) is 21.4. The van der Waals surface area contributed by atoms with Gasteiger partial charge < -0.3 is 24.3 Å². The summed E-state index contributed by atoms with van der Waals surface area (Å²) in [5.74, 6) is 0.735. The van der Waals surface area contributed by atoms with E-state index in [1.54, 1.807) is 40.1 Å². The molecule has 198 valence electrons. The average molecular weight is 533 g/mol. The molecule has 1 fully saturated rings. The molecule has 3 aromatic heterocycles. The van der Waals surface area contributed by atoms with Crippen LogP contribution >= 0.6 is 0 Å². The lowest BCUT2D eigenvalue weighted by atomic mass is 10.2. The van der Waals surface area contributed by atoms with Crippen LogP contribution in [0.4, 0.5) is 5.69 Å². The molecule has 10 nitrogen and oxygen atoms in total. The first-order chi connectivity index (χ1) is 19.6. The van der Waals surface area contributed by atoms with Crippen LogP contribution in [0.25, 0.3) is 22.7 Å². The van der Waals surface area contributed by atoms with E-state index in [0.29, 0.717) is 60.4 Å². The van der Waals surface area contributed by atoms with E-state index in [0.717, 1.165) is 17.0 Å². The van der Waals surface area contributed by atoms with Gasteiger partial charge in [0.15, 0.2) is 5.58 Å². The van der Waals surface area contributed by atoms with Gasteiger partial charge in [0, 0.05) is 26.2 Å². The fourth-order valence-corrected chi connectivity index (χ4v) is 4.93. The van der Waals surface area contributed by atoms with Crippen LogP contribution in [-0.2, 0) is 0 Å². The summed E-state index contributed by atoms with van der Waals surface area (Å²) >= 11 is 0. The first-order valence-corrected chi connectivity index (χ1v) is 13.0. The van der Waals surface area contributed by atoms with Gasteiger partial charge in [0.2, 0.25) is 12.1 Å². The lowest BCUT2D eigenvalue weighted by Crippen LogP contribution is -2.50. The number of nitrogens with zero attached hydrogens (tertiary/aromatic N) is 5. The standard InChI is InChI=1S/C30H24N6O4/c37-29(23-11-5-9-21(31-23)27-33-19-7-1-3-13-25(19)39-27)35-15-17-36(18-16-35)30(38)24-12-6-10-22(32-24)28-34-20-8-2-4-14-26(20)40-28/h1-14,27,33H,15-18H2. The molecule has 1 N–H and O–H groups in total. The van der Waals surface area contributed by atoms with E-state index >= 15 is 0 Å². The first-order valence-electron chi connectivity index (χ1n) is 13.0. The van der Waals surface area contributed by atoms with Gasteiger partial charge in [0.25, 0.3) is 11.8 Å². The van der Waals surface area contributed by atoms with Crippen molar-refractivity contribution in [2.75, 3.05) is 31.5 Å². The number of ether oxygens (including phenoxy) is 1. The second-order valence-corrected chi connectivity index (χ2v) is 9.57. The molecule has 1 atom stereocenters. The van der Waals surface area contributed by atoms with E-state index in [4.69, 9.17) is 9.15 Å². The number of aromatic nitrogens is 3. The van der Waals surface area contributed by atoms with Crippen LogP contribution in [0.3, 0.4) is 0 Å². The molecule has 0 radical (unpaired) electrons. The number of amides is 2. The Balaban J connectivity index is 1.01. The molecule has 2 amide bonds. The lowest BCUT2D eigenvalue weighted by molar-refractivity contribution is 0.0529. The van der Waals surface area contributed by atoms with E-state index in [-0.39, 0.29) is 11.8 Å². The summed E-state index contributed by atoms with van der Waals surface area (Å²) < 4.78 is 11.8. The number of rotatable bonds is 4. The van der Waals surface area contributed by atoms with Crippen molar-refractivity contribution >= 4 is 28.6 Å². The third-order valence-electron chi connectivity index (χ3n) is 7.01. The number of anilines is 1. The van der Waals surface area contributed by atoms with E-state index in [2.05, 4.69) is 20.3 Å². The van der Waals surface area contributed by atoms with Crippen LogP contribution in [0, 0.1) is 0 Å². The molecule has 40 heavy (non-hydrogen) atoms. The molecule has 2 aliphatic heterocycles. The second-order valence-electron chi connectivity index (χ2n) is 9.57. The van der Waals surface area contributed by atoms with E-state index in [1.807, 2.05) is 54.6 Å². The second kappa shape index (κ2) is 9.81. The van der Waals surface area contributed by atoms with Gasteiger partial charge in [0.1, 0.15) is 34.0 Å². The predicted molar refractivity (Wildman–Crippen MR) is 147 cm³/mol. The summed E-state index contributed by atoms with van der Waals surface area (Å²) in [6.45, 7) is 1.57. The number of hydrogen-bond donors (Lipinski definition) is 1. The predicted octanol–water partition coefficient (Wildman–Crippen LogP) is 4.39. The normalized spacial score (nSPS) is 16.4. The fraction of sp³-hybridized carbons (Fsp3) is 0.167. The number of benzene rings is 2. The highest BCUT2D eigenvalue weighted by atomic mass is 16.5. The molecular formula is C30H24N6O4. The van der Waals surface area contributed by atoms with E-state index < -0.39 is 6.23 Å². The monoisotopic (exact) mass is 532 g/mol. The maximum absolute atomic E-state index is 13.3. The molecule has 7 rings (SSSR count). The Morgan fingerprint density at radius 2 is 1.40 bits per heavy atom. The average Bonchev–Trinajstić information content (AvgIpc) is 3.65. The largest absolute Gasteiger partial charge is 0.463 e. The Kier molecular flexibility index (Phi) is 5.85. The smallest absolute Gasteiger partial charge is 0.272 e. The molecule has 1 unspecified atom stereocenters. The zero-order valence-electron chi connectivity index (χ0n) is 21.4. The lowest BCUT2D eigenvalue weighted by Gasteiger charge is -2.34. The maximum Gasteiger partial charge on any atom is 0.272 e. The van der Waals surface area contributed by atoms with E-state index in [9.17, 15) is 9.59 Å². The van der Waals surface area contributed by atoms with E-state index in [1.165, 1.54) is 0 Å². The van der Waals surface area contributed by atoms with Crippen LogP contribution in [0.5, 0.6) is 5.75 Å². The summed E-state index contributed by atoms with van der Waals surface area (Å²) in [5.41, 5.74) is 4.04. The SMILES string of the molecule is O=C(c1cccc(-c2nc3ccccc3o2)n1)N1CCN(C(=O)c2cccc(C3Nc4ccccc4O3)n2)CC1. The number of hydrogen-bond acceptors (Lipinski definition) is 8. The number of carbonyl (C=O) groups excluding carboxylic acids is 2. The van der Waals surface area contributed by atoms with Gasteiger partial charge in [-0.05, 0) is 48.5 Å². The maximum atomic E-state index is 13.3. The number of nitrogens with one attached hydrogen (secondary N) is 1. The molecular weight excluding hydrogens is 508 g/mol. The van der Waals surface area contributed by atoms with Crippen molar-refractivity contribution in [3.05, 3.63) is 102 Å². The number of fused-ring (bicyclic) bond motifs is 2. The third-order valence-corrected chi connectivity index (χ3v) is 7.01. The van der Waals surface area contributed by atoms with Crippen molar-refractivity contribution in [2.45, 2.75) is 6.23 Å². The summed E-state index contributed by atoms with van der Waals surface area (Å²) in [6, 6.07) is 25.7. The minimum absolute atomic E-state index is 0.180. The van der Waals surface area contributed by atoms with Gasteiger partial charge in [-0.2, -0.15) is 0 Å². The van der Waals surface area contributed by atoms with Gasteiger partial charge in [0.05, 0.1) is 5.69 Å². The van der Waals surface area contributed by atoms with Crippen molar-refractivity contribution in [3.63, 3.8) is 0 Å². The van der Waals surface area contributed by atoms with Crippen LogP contribution in [0.15, 0.2) is 89.3 Å². The molecule has 2 aromatic carbocycles. The van der Waals surface area contributed by atoms with Crippen molar-refractivity contribution < 1.29 is 18.7 Å². The number of carbonyl (C=O) groups is 2. The molecule has 0 spiro atoms. The quantitative estimate of drug-likeness (QED) is 0.363. The summed E-state index contributed by atoms with van der Waals surface area (Å²) in [5, 5.41) is 3.28. The summed E-state index contributed by atoms with van der Waals surface area (Å²) in [6.07, 6.45) is -0.461. The number of para-hydroxylation sites is 4. The molecule has 1 saturated heterocycles. The molecule has 0 bridgehead atoms. The Hall–Kier alpha value is -5.25. The number of oxazole rings is 1. The van der Waals surface area contributed by atoms with Crippen LogP contribution in [0.2, 0.25) is 0 Å². The fourth-order valence-electron chi connectivity index (χ4n) is 4.93. The van der Waals surface area contributed by atoms with Gasteiger partial charge in [-0.1, -0.05) is 36.4 Å². The molecule has 5 aromatic rings. The number of pyridine rings is 2. The molecule has 5 heterocycles. The van der Waals surface area contributed by atoms with Crippen molar-refractivity contribution in [2.24, 2.45) is 0 Å². The number of piperazine rings is 1. The van der Waals surface area contributed by atoms with Crippen molar-refractivity contribution in [1.82, 2.24) is 24.8 Å². The van der Waals surface area contributed by atoms with Crippen molar-refractivity contribution in [1.29, 1.82) is 0 Å². The van der Waals surface area contributed by atoms with Crippen molar-refractivity contribution in [3.8, 4) is 17.3 Å². The Labute approximate surface area is 229 Å². The van der Waals surface area contributed by atoms with Gasteiger partial charge in [-0.3, -0.25) is 9.59 Å². The Morgan fingerprint density at radius 1 is 0.725 bits per heavy atom. The third kappa shape index (κ3) is 4.39. The highest BCUT2D eigenvalue weighted by Crippen LogP contribution is 2.36. The topological polar surface area (TPSA) is 114 Å². The molecule has 0 aliphatic carbocycles. The molecule has 2 aliphatic rings. The first kappa shape index (κ1) is 23.8. The van der Waals surface area contributed by atoms with Crippen LogP contribution in [-0.4, -0.2) is 62.7 Å². The minimum atomic E-state index is -0.461. The van der Waals surface area contributed by atoms with Gasteiger partial charge in [-0.15, -0.1) is 0 Å². The Bertz CT molecular complexity index is 1690. The Morgan fingerprint density at radius 3 is 2.15 bits per heavy atom. The van der Waals surface area contributed by atoms with Crippen LogP contribution in [0.1, 0.15) is 32.9 Å². The highest BCUT2D eigenvalue weighted by molar-refractivity contribution is 5.94.